The molecule has 1 aliphatic carbocycles. The van der Waals surface area contributed by atoms with Crippen molar-refractivity contribution in [2.24, 2.45) is 5.92 Å². The van der Waals surface area contributed by atoms with Gasteiger partial charge in [0.1, 0.15) is 12.4 Å². The molecule has 2 aliphatic rings. The van der Waals surface area contributed by atoms with Crippen LogP contribution in [0, 0.1) is 18.3 Å². The number of benzene rings is 1. The molecule has 1 saturated heterocycles. The number of carbonyl (C=O) groups excluding carboxylic acids is 1. The summed E-state index contributed by atoms with van der Waals surface area (Å²) in [4.78, 5) is 12.9. The van der Waals surface area contributed by atoms with Gasteiger partial charge in [-0.1, -0.05) is 35.3 Å². The van der Waals surface area contributed by atoms with E-state index in [4.69, 9.17) is 15.7 Å². The number of rotatable bonds is 8. The fraction of sp³-hybridized carbons (Fsp3) is 0.478. The number of amides is 1. The Bertz CT molecular complexity index is 875. The third-order valence-corrected chi connectivity index (χ3v) is 5.65. The average molecular weight is 393 g/mol. The Kier molecular flexibility index (Phi) is 6.28. The van der Waals surface area contributed by atoms with Crippen molar-refractivity contribution < 1.29 is 14.1 Å². The summed E-state index contributed by atoms with van der Waals surface area (Å²) in [6.07, 6.45) is 9.51. The highest BCUT2D eigenvalue weighted by Gasteiger charge is 2.31. The molecule has 2 aromatic rings. The molecule has 6 heteroatoms. The number of hydrogen-bond donors (Lipinski definition) is 2. The lowest BCUT2D eigenvalue weighted by atomic mass is 9.85. The highest BCUT2D eigenvalue weighted by molar-refractivity contribution is 5.92. The summed E-state index contributed by atoms with van der Waals surface area (Å²) in [6.45, 7) is 2.66. The van der Waals surface area contributed by atoms with Crippen LogP contribution in [0.3, 0.4) is 0 Å². The molecule has 6 nitrogen and oxygen atoms in total. The zero-order chi connectivity index (χ0) is 20.1. The predicted octanol–water partition coefficient (Wildman–Crippen LogP) is 3.17. The van der Waals surface area contributed by atoms with E-state index in [1.54, 1.807) is 6.07 Å². The van der Waals surface area contributed by atoms with E-state index in [0.717, 1.165) is 55.7 Å². The summed E-state index contributed by atoms with van der Waals surface area (Å²) in [5.41, 5.74) is 2.49. The number of ether oxygens (including phenoxy) is 1. The van der Waals surface area contributed by atoms with E-state index in [1.807, 2.05) is 12.1 Å². The molecule has 0 spiro atoms. The van der Waals surface area contributed by atoms with E-state index in [-0.39, 0.29) is 18.6 Å². The van der Waals surface area contributed by atoms with Crippen LogP contribution in [-0.4, -0.2) is 30.8 Å². The van der Waals surface area contributed by atoms with Gasteiger partial charge in [-0.2, -0.15) is 0 Å². The Balaban J connectivity index is 1.52. The van der Waals surface area contributed by atoms with Crippen LogP contribution in [0.15, 0.2) is 34.9 Å². The molecular formula is C23H27N3O3. The average Bonchev–Trinajstić information content (AvgIpc) is 3.49. The molecule has 29 heavy (non-hydrogen) atoms. The zero-order valence-corrected chi connectivity index (χ0v) is 16.5. The number of terminal acetylenes is 1. The molecule has 0 bridgehead atoms. The molecule has 0 radical (unpaired) electrons. The zero-order valence-electron chi connectivity index (χ0n) is 16.5. The van der Waals surface area contributed by atoms with Crippen molar-refractivity contribution in [2.45, 2.75) is 44.2 Å². The first-order valence-corrected chi connectivity index (χ1v) is 10.3. The third kappa shape index (κ3) is 5.06. The standard InChI is InChI=1S/C23H27N3O3/c1-2-12-28-15-16-4-3-5-19(13-16)22(18-8-10-24-11-9-18)25-23(27)20-14-21(29-26-20)17-6-7-17/h1,3-5,13-14,17-18,22,24H,6-12,15H2,(H,25,27). The van der Waals surface area contributed by atoms with Crippen molar-refractivity contribution in [3.8, 4) is 12.3 Å². The van der Waals surface area contributed by atoms with Crippen molar-refractivity contribution in [2.75, 3.05) is 19.7 Å². The number of piperidine rings is 1. The van der Waals surface area contributed by atoms with Gasteiger partial charge in [-0.3, -0.25) is 4.79 Å². The number of nitrogens with zero attached hydrogens (tertiary/aromatic N) is 1. The molecule has 1 aliphatic heterocycles. The highest BCUT2D eigenvalue weighted by atomic mass is 16.5. The smallest absolute Gasteiger partial charge is 0.273 e. The SMILES string of the molecule is C#CCOCc1cccc(C(NC(=O)c2cc(C3CC3)on2)C2CCNCC2)c1. The largest absolute Gasteiger partial charge is 0.364 e. The first kappa shape index (κ1) is 19.7. The molecule has 4 rings (SSSR count). The van der Waals surface area contributed by atoms with Crippen LogP contribution in [0.2, 0.25) is 0 Å². The lowest BCUT2D eigenvalue weighted by Gasteiger charge is -2.31. The summed E-state index contributed by atoms with van der Waals surface area (Å²) in [5.74, 6) is 3.91. The van der Waals surface area contributed by atoms with Gasteiger partial charge in [0.25, 0.3) is 5.91 Å². The van der Waals surface area contributed by atoms with Gasteiger partial charge < -0.3 is 19.9 Å². The van der Waals surface area contributed by atoms with E-state index in [9.17, 15) is 4.79 Å². The van der Waals surface area contributed by atoms with Crippen LogP contribution in [0.4, 0.5) is 0 Å². The number of nitrogens with one attached hydrogen (secondary N) is 2. The fourth-order valence-electron chi connectivity index (χ4n) is 3.93. The molecule has 1 amide bonds. The maximum atomic E-state index is 12.9. The molecule has 1 aromatic carbocycles. The minimum atomic E-state index is -0.182. The van der Waals surface area contributed by atoms with E-state index < -0.39 is 0 Å². The van der Waals surface area contributed by atoms with Crippen molar-refractivity contribution >= 4 is 5.91 Å². The maximum Gasteiger partial charge on any atom is 0.273 e. The van der Waals surface area contributed by atoms with Crippen molar-refractivity contribution in [3.63, 3.8) is 0 Å². The van der Waals surface area contributed by atoms with Gasteiger partial charge in [0.15, 0.2) is 5.69 Å². The van der Waals surface area contributed by atoms with Gasteiger partial charge in [-0.25, -0.2) is 0 Å². The van der Waals surface area contributed by atoms with Gasteiger partial charge in [0, 0.05) is 12.0 Å². The molecule has 2 fully saturated rings. The second kappa shape index (κ2) is 9.25. The van der Waals surface area contributed by atoms with Crippen LogP contribution in [0.25, 0.3) is 0 Å². The van der Waals surface area contributed by atoms with Crippen molar-refractivity contribution in [1.82, 2.24) is 15.8 Å². The molecule has 152 valence electrons. The van der Waals surface area contributed by atoms with Gasteiger partial charge >= 0.3 is 0 Å². The predicted molar refractivity (Wildman–Crippen MR) is 109 cm³/mol. The Hall–Kier alpha value is -2.62. The van der Waals surface area contributed by atoms with Crippen LogP contribution in [0.5, 0.6) is 0 Å². The minimum Gasteiger partial charge on any atom is -0.364 e. The Morgan fingerprint density at radius 1 is 1.31 bits per heavy atom. The summed E-state index contributed by atoms with van der Waals surface area (Å²) in [5, 5.41) is 10.6. The van der Waals surface area contributed by atoms with Gasteiger partial charge in [0.2, 0.25) is 0 Å². The van der Waals surface area contributed by atoms with E-state index >= 15 is 0 Å². The molecule has 1 saturated carbocycles. The molecule has 1 aromatic heterocycles. The van der Waals surface area contributed by atoms with Gasteiger partial charge in [-0.05, 0) is 55.8 Å². The summed E-state index contributed by atoms with van der Waals surface area (Å²) in [6, 6.07) is 9.89. The van der Waals surface area contributed by atoms with E-state index in [1.165, 1.54) is 0 Å². The van der Waals surface area contributed by atoms with E-state index in [0.29, 0.717) is 24.1 Å². The lowest BCUT2D eigenvalue weighted by molar-refractivity contribution is 0.0904. The number of hydrogen-bond acceptors (Lipinski definition) is 5. The number of carbonyl (C=O) groups is 1. The monoisotopic (exact) mass is 393 g/mol. The Morgan fingerprint density at radius 3 is 2.90 bits per heavy atom. The molecule has 1 unspecified atom stereocenters. The summed E-state index contributed by atoms with van der Waals surface area (Å²) >= 11 is 0. The first-order valence-electron chi connectivity index (χ1n) is 10.3. The van der Waals surface area contributed by atoms with Crippen LogP contribution in [0.1, 0.15) is 65.0 Å². The highest BCUT2D eigenvalue weighted by Crippen LogP contribution is 2.40. The van der Waals surface area contributed by atoms with Crippen LogP contribution < -0.4 is 10.6 Å². The molecule has 2 heterocycles. The Morgan fingerprint density at radius 2 is 2.14 bits per heavy atom. The summed E-state index contributed by atoms with van der Waals surface area (Å²) < 4.78 is 10.8. The lowest BCUT2D eigenvalue weighted by Crippen LogP contribution is -2.39. The maximum absolute atomic E-state index is 12.9. The van der Waals surface area contributed by atoms with Gasteiger partial charge in [-0.15, -0.1) is 6.42 Å². The second-order valence-electron chi connectivity index (χ2n) is 7.87. The quantitative estimate of drug-likeness (QED) is 0.532. The van der Waals surface area contributed by atoms with Crippen molar-refractivity contribution in [3.05, 3.63) is 52.9 Å². The van der Waals surface area contributed by atoms with Crippen LogP contribution >= 0.6 is 0 Å². The third-order valence-electron chi connectivity index (χ3n) is 5.65. The Labute approximate surface area is 171 Å². The topological polar surface area (TPSA) is 76.4 Å². The summed E-state index contributed by atoms with van der Waals surface area (Å²) in [7, 11) is 0. The number of aromatic nitrogens is 1. The van der Waals surface area contributed by atoms with Gasteiger partial charge in [0.05, 0.1) is 12.6 Å². The second-order valence-corrected chi connectivity index (χ2v) is 7.87. The molecule has 2 N–H and O–H groups in total. The molecular weight excluding hydrogens is 366 g/mol. The van der Waals surface area contributed by atoms with E-state index in [2.05, 4.69) is 33.8 Å². The van der Waals surface area contributed by atoms with Crippen molar-refractivity contribution in [1.29, 1.82) is 0 Å². The first-order chi connectivity index (χ1) is 14.2. The fourth-order valence-corrected chi connectivity index (χ4v) is 3.93. The minimum absolute atomic E-state index is 0.0849. The normalized spacial score (nSPS) is 18.2. The van der Waals surface area contributed by atoms with Crippen LogP contribution in [-0.2, 0) is 11.3 Å². The molecule has 1 atom stereocenters.